The number of hydrogen-bond acceptors (Lipinski definition) is 3. The van der Waals surface area contributed by atoms with Crippen LogP contribution in [0.5, 0.6) is 0 Å². The summed E-state index contributed by atoms with van der Waals surface area (Å²) in [4.78, 5) is 4.53. The summed E-state index contributed by atoms with van der Waals surface area (Å²) in [5.74, 6) is -0.0254. The van der Waals surface area contributed by atoms with Crippen molar-refractivity contribution in [2.45, 2.75) is 33.2 Å². The van der Waals surface area contributed by atoms with E-state index < -0.39 is 15.8 Å². The molecule has 1 aliphatic rings. The van der Waals surface area contributed by atoms with Gasteiger partial charge in [0.1, 0.15) is 16.6 Å². The molecule has 0 bridgehead atoms. The zero-order chi connectivity index (χ0) is 14.9. The number of amidine groups is 1. The molecule has 4 nitrogen and oxygen atoms in total. The Morgan fingerprint density at radius 1 is 1.30 bits per heavy atom. The van der Waals surface area contributed by atoms with Crippen LogP contribution in [0.1, 0.15) is 32.8 Å². The highest BCUT2D eigenvalue weighted by Crippen LogP contribution is 2.30. The molecule has 0 fully saturated rings. The molecule has 0 radical (unpaired) electrons. The number of halogens is 1. The Hall–Kier alpha value is -1.69. The fraction of sp³-hybridized carbons (Fsp3) is 0.357. The van der Waals surface area contributed by atoms with E-state index in [1.807, 2.05) is 13.8 Å². The van der Waals surface area contributed by atoms with Crippen LogP contribution in [0.15, 0.2) is 34.8 Å². The number of rotatable bonds is 3. The maximum absolute atomic E-state index is 13.0. The normalized spacial score (nSPS) is 21.1. The summed E-state index contributed by atoms with van der Waals surface area (Å²) in [5, 5.41) is 0. The molecular weight excluding hydrogens is 279 g/mol. The SMILES string of the molecule is CCC(C)N=C1NS(=O)(=O)C(c2ccc(F)cc2)=C1C. The number of hydrogen-bond donors (Lipinski definition) is 1. The molecular formula is C14H17FN2O2S. The van der Waals surface area contributed by atoms with Gasteiger partial charge in [0.25, 0.3) is 10.0 Å². The average Bonchev–Trinajstić information content (AvgIpc) is 2.61. The number of benzene rings is 1. The topological polar surface area (TPSA) is 58.5 Å². The van der Waals surface area contributed by atoms with Gasteiger partial charge in [0.2, 0.25) is 0 Å². The Morgan fingerprint density at radius 3 is 2.45 bits per heavy atom. The highest BCUT2D eigenvalue weighted by atomic mass is 32.2. The van der Waals surface area contributed by atoms with E-state index in [0.29, 0.717) is 17.0 Å². The van der Waals surface area contributed by atoms with Gasteiger partial charge in [-0.2, -0.15) is 0 Å². The van der Waals surface area contributed by atoms with Gasteiger partial charge in [0.05, 0.1) is 0 Å². The van der Waals surface area contributed by atoms with Crippen molar-refractivity contribution >= 4 is 20.8 Å². The summed E-state index contributed by atoms with van der Waals surface area (Å²) < 4.78 is 39.8. The van der Waals surface area contributed by atoms with Crippen LogP contribution in [0.25, 0.3) is 4.91 Å². The molecule has 2 rings (SSSR count). The van der Waals surface area contributed by atoms with Crippen molar-refractivity contribution in [2.24, 2.45) is 4.99 Å². The van der Waals surface area contributed by atoms with Gasteiger partial charge in [-0.25, -0.2) is 12.8 Å². The molecule has 20 heavy (non-hydrogen) atoms. The van der Waals surface area contributed by atoms with Crippen LogP contribution < -0.4 is 4.72 Å². The lowest BCUT2D eigenvalue weighted by Gasteiger charge is -2.04. The summed E-state index contributed by atoms with van der Waals surface area (Å²) in [7, 11) is -3.63. The van der Waals surface area contributed by atoms with Crippen LogP contribution in [0.3, 0.4) is 0 Å². The van der Waals surface area contributed by atoms with E-state index in [9.17, 15) is 12.8 Å². The number of nitrogens with zero attached hydrogens (tertiary/aromatic N) is 1. The summed E-state index contributed by atoms with van der Waals surface area (Å²) in [5.41, 5.74) is 1.03. The lowest BCUT2D eigenvalue weighted by atomic mass is 10.1. The molecule has 0 amide bonds. The predicted octanol–water partition coefficient (Wildman–Crippen LogP) is 2.69. The van der Waals surface area contributed by atoms with Crippen molar-refractivity contribution in [3.8, 4) is 0 Å². The van der Waals surface area contributed by atoms with Gasteiger partial charge in [-0.1, -0.05) is 19.1 Å². The van der Waals surface area contributed by atoms with E-state index in [0.717, 1.165) is 6.42 Å². The predicted molar refractivity (Wildman–Crippen MR) is 78.2 cm³/mol. The molecule has 1 heterocycles. The highest BCUT2D eigenvalue weighted by molar-refractivity contribution is 8.00. The maximum Gasteiger partial charge on any atom is 0.264 e. The molecule has 0 saturated carbocycles. The lowest BCUT2D eigenvalue weighted by Crippen LogP contribution is -2.24. The van der Waals surface area contributed by atoms with Gasteiger partial charge in [-0.3, -0.25) is 9.71 Å². The standard InChI is InChI=1S/C14H17FN2O2S/c1-4-9(2)16-14-10(3)13(20(18,19)17-14)11-5-7-12(15)8-6-11/h5-9H,4H2,1-3H3,(H,16,17). The summed E-state index contributed by atoms with van der Waals surface area (Å²) in [6.07, 6.45) is 0.824. The molecule has 1 aromatic carbocycles. The second kappa shape index (κ2) is 5.36. The van der Waals surface area contributed by atoms with Gasteiger partial charge in [-0.15, -0.1) is 0 Å². The van der Waals surface area contributed by atoms with Crippen LogP contribution >= 0.6 is 0 Å². The second-order valence-electron chi connectivity index (χ2n) is 4.80. The minimum Gasteiger partial charge on any atom is -0.264 e. The molecule has 0 saturated heterocycles. The Balaban J connectivity index is 2.53. The number of aliphatic imine (C=N–C) groups is 1. The van der Waals surface area contributed by atoms with Crippen molar-refractivity contribution in [1.82, 2.24) is 4.72 Å². The lowest BCUT2D eigenvalue weighted by molar-refractivity contribution is 0.603. The van der Waals surface area contributed by atoms with Gasteiger partial charge in [0.15, 0.2) is 0 Å². The zero-order valence-electron chi connectivity index (χ0n) is 11.6. The first-order valence-corrected chi connectivity index (χ1v) is 7.91. The summed E-state index contributed by atoms with van der Waals surface area (Å²) in [6, 6.07) is 5.44. The second-order valence-corrected chi connectivity index (χ2v) is 6.42. The molecule has 108 valence electrons. The van der Waals surface area contributed by atoms with Gasteiger partial charge >= 0.3 is 0 Å². The first kappa shape index (κ1) is 14.7. The first-order chi connectivity index (χ1) is 9.35. The third-order valence-corrected chi connectivity index (χ3v) is 4.78. The molecule has 0 aromatic heterocycles. The van der Waals surface area contributed by atoms with Crippen LogP contribution in [-0.2, 0) is 10.0 Å². The Kier molecular flexibility index (Phi) is 3.94. The molecule has 1 N–H and O–H groups in total. The fourth-order valence-electron chi connectivity index (χ4n) is 1.97. The molecule has 1 unspecified atom stereocenters. The molecule has 1 aromatic rings. The van der Waals surface area contributed by atoms with Crippen LogP contribution in [-0.4, -0.2) is 20.3 Å². The Labute approximate surface area is 118 Å². The van der Waals surface area contributed by atoms with E-state index in [4.69, 9.17) is 0 Å². The third-order valence-electron chi connectivity index (χ3n) is 3.24. The monoisotopic (exact) mass is 296 g/mol. The minimum absolute atomic E-state index is 0.0372. The fourth-order valence-corrected chi connectivity index (χ4v) is 3.48. The maximum atomic E-state index is 13.0. The minimum atomic E-state index is -3.63. The van der Waals surface area contributed by atoms with Crippen molar-refractivity contribution in [2.75, 3.05) is 0 Å². The molecule has 1 atom stereocenters. The number of nitrogens with one attached hydrogen (secondary N) is 1. The van der Waals surface area contributed by atoms with Crippen molar-refractivity contribution in [1.29, 1.82) is 0 Å². The summed E-state index contributed by atoms with van der Waals surface area (Å²) >= 11 is 0. The van der Waals surface area contributed by atoms with E-state index in [2.05, 4.69) is 9.71 Å². The van der Waals surface area contributed by atoms with Crippen molar-refractivity contribution < 1.29 is 12.8 Å². The third kappa shape index (κ3) is 2.75. The molecule has 6 heteroatoms. The largest absolute Gasteiger partial charge is 0.264 e. The van der Waals surface area contributed by atoms with Crippen LogP contribution in [0.2, 0.25) is 0 Å². The van der Waals surface area contributed by atoms with Gasteiger partial charge < -0.3 is 0 Å². The molecule has 0 aliphatic carbocycles. The smallest absolute Gasteiger partial charge is 0.264 e. The summed E-state index contributed by atoms with van der Waals surface area (Å²) in [6.45, 7) is 5.61. The van der Waals surface area contributed by atoms with Crippen LogP contribution in [0, 0.1) is 5.82 Å². The van der Waals surface area contributed by atoms with Crippen molar-refractivity contribution in [3.05, 3.63) is 41.2 Å². The van der Waals surface area contributed by atoms with E-state index >= 15 is 0 Å². The van der Waals surface area contributed by atoms with E-state index in [1.165, 1.54) is 24.3 Å². The highest BCUT2D eigenvalue weighted by Gasteiger charge is 2.32. The van der Waals surface area contributed by atoms with E-state index in [1.54, 1.807) is 6.92 Å². The number of sulfonamides is 1. The van der Waals surface area contributed by atoms with Crippen LogP contribution in [0.4, 0.5) is 4.39 Å². The Bertz CT molecular complexity index is 676. The molecule has 0 spiro atoms. The Morgan fingerprint density at radius 2 is 1.90 bits per heavy atom. The zero-order valence-corrected chi connectivity index (χ0v) is 12.5. The van der Waals surface area contributed by atoms with Gasteiger partial charge in [-0.05, 0) is 38.0 Å². The van der Waals surface area contributed by atoms with Gasteiger partial charge in [0, 0.05) is 11.6 Å². The average molecular weight is 296 g/mol. The molecule has 1 aliphatic heterocycles. The first-order valence-electron chi connectivity index (χ1n) is 6.43. The van der Waals surface area contributed by atoms with E-state index in [-0.39, 0.29) is 10.9 Å². The van der Waals surface area contributed by atoms with Crippen molar-refractivity contribution in [3.63, 3.8) is 0 Å². The quantitative estimate of drug-likeness (QED) is 0.932.